The normalized spacial score (nSPS) is 16.9. The van der Waals surface area contributed by atoms with E-state index < -0.39 is 15.5 Å². The molecular formula is C7H17NO4S. The Kier molecular flexibility index (Phi) is 5.46. The van der Waals surface area contributed by atoms with Gasteiger partial charge in [-0.15, -0.1) is 0 Å². The second-order valence-corrected chi connectivity index (χ2v) is 4.72. The topological polar surface area (TPSA) is 101 Å². The zero-order valence-electron chi connectivity index (χ0n) is 7.68. The molecule has 0 saturated heterocycles. The first kappa shape index (κ1) is 12.8. The zero-order chi connectivity index (χ0) is 10.5. The summed E-state index contributed by atoms with van der Waals surface area (Å²) in [4.78, 5) is 0. The van der Waals surface area contributed by atoms with E-state index in [4.69, 9.17) is 15.4 Å². The van der Waals surface area contributed by atoms with Crippen LogP contribution in [-0.2, 0) is 10.1 Å². The second-order valence-electron chi connectivity index (χ2n) is 3.09. The molecule has 0 aliphatic heterocycles. The highest BCUT2D eigenvalue weighted by Gasteiger charge is 2.18. The highest BCUT2D eigenvalue weighted by molar-refractivity contribution is 7.86. The summed E-state index contributed by atoms with van der Waals surface area (Å²) in [7, 11) is -4.12. The lowest BCUT2D eigenvalue weighted by Crippen LogP contribution is -2.30. The van der Waals surface area contributed by atoms with Crippen molar-refractivity contribution in [1.82, 2.24) is 0 Å². The molecule has 0 saturated carbocycles. The summed E-state index contributed by atoms with van der Waals surface area (Å²) in [5.41, 5.74) is 5.19. The van der Waals surface area contributed by atoms with Crippen molar-refractivity contribution in [2.45, 2.75) is 31.6 Å². The van der Waals surface area contributed by atoms with Crippen LogP contribution in [0.15, 0.2) is 0 Å². The summed E-state index contributed by atoms with van der Waals surface area (Å²) in [6, 6.07) is 0. The molecule has 0 aromatic heterocycles. The van der Waals surface area contributed by atoms with Crippen LogP contribution >= 0.6 is 0 Å². The van der Waals surface area contributed by atoms with Crippen LogP contribution in [0, 0.1) is 5.92 Å². The summed E-state index contributed by atoms with van der Waals surface area (Å²) in [6.45, 7) is 1.93. The summed E-state index contributed by atoms with van der Waals surface area (Å²) in [5.74, 6) is 0.0628. The smallest absolute Gasteiger partial charge is 0.280 e. The van der Waals surface area contributed by atoms with Crippen molar-refractivity contribution >= 4 is 10.1 Å². The van der Waals surface area contributed by atoms with Crippen molar-refractivity contribution in [2.24, 2.45) is 11.7 Å². The maximum absolute atomic E-state index is 10.5. The SMILES string of the molecule is CC[C@@H](CO)CCC(N)S(=O)(=O)O. The van der Waals surface area contributed by atoms with Crippen LogP contribution in [0.3, 0.4) is 0 Å². The van der Waals surface area contributed by atoms with E-state index in [1.807, 2.05) is 6.92 Å². The van der Waals surface area contributed by atoms with E-state index in [2.05, 4.69) is 0 Å². The standard InChI is InChI=1S/C7H17NO4S/c1-2-6(5-9)3-4-7(8)13(10,11)12/h6-7,9H,2-5,8H2,1H3,(H,10,11,12)/t6-,7?/m1/s1. The second kappa shape index (κ2) is 5.54. The molecule has 0 aromatic rings. The van der Waals surface area contributed by atoms with Crippen molar-refractivity contribution < 1.29 is 18.1 Å². The first-order valence-corrected chi connectivity index (χ1v) is 5.74. The number of hydrogen-bond acceptors (Lipinski definition) is 4. The minimum Gasteiger partial charge on any atom is -0.396 e. The number of hydrogen-bond donors (Lipinski definition) is 3. The van der Waals surface area contributed by atoms with Gasteiger partial charge in [-0.25, -0.2) is 0 Å². The Morgan fingerprint density at radius 3 is 2.23 bits per heavy atom. The number of nitrogens with two attached hydrogens (primary N) is 1. The Labute approximate surface area is 78.7 Å². The van der Waals surface area contributed by atoms with E-state index in [-0.39, 0.29) is 18.9 Å². The van der Waals surface area contributed by atoms with Crippen molar-refractivity contribution in [3.05, 3.63) is 0 Å². The van der Waals surface area contributed by atoms with Gasteiger partial charge >= 0.3 is 0 Å². The molecule has 0 aromatic carbocycles. The van der Waals surface area contributed by atoms with Crippen molar-refractivity contribution in [2.75, 3.05) is 6.61 Å². The van der Waals surface area contributed by atoms with Crippen LogP contribution < -0.4 is 5.73 Å². The van der Waals surface area contributed by atoms with Gasteiger partial charge in [0.25, 0.3) is 10.1 Å². The highest BCUT2D eigenvalue weighted by atomic mass is 32.2. The molecule has 4 N–H and O–H groups in total. The van der Waals surface area contributed by atoms with Gasteiger partial charge < -0.3 is 10.8 Å². The monoisotopic (exact) mass is 211 g/mol. The molecule has 5 nitrogen and oxygen atoms in total. The van der Waals surface area contributed by atoms with Crippen LogP contribution in [0.5, 0.6) is 0 Å². The third kappa shape index (κ3) is 5.20. The first-order valence-electron chi connectivity index (χ1n) is 4.24. The minimum atomic E-state index is -4.12. The zero-order valence-corrected chi connectivity index (χ0v) is 8.50. The molecule has 0 amide bonds. The lowest BCUT2D eigenvalue weighted by molar-refractivity contribution is 0.212. The van der Waals surface area contributed by atoms with E-state index >= 15 is 0 Å². The molecule has 0 fully saturated rings. The molecule has 0 aliphatic carbocycles. The summed E-state index contributed by atoms with van der Waals surface area (Å²) in [5, 5.41) is 7.56. The van der Waals surface area contributed by atoms with Crippen LogP contribution in [0.4, 0.5) is 0 Å². The maximum Gasteiger partial charge on any atom is 0.280 e. The lowest BCUT2D eigenvalue weighted by atomic mass is 10.0. The van der Waals surface area contributed by atoms with Gasteiger partial charge in [0, 0.05) is 6.61 Å². The maximum atomic E-state index is 10.5. The van der Waals surface area contributed by atoms with Gasteiger partial charge in [-0.3, -0.25) is 4.55 Å². The summed E-state index contributed by atoms with van der Waals surface area (Å²) >= 11 is 0. The van der Waals surface area contributed by atoms with E-state index in [1.165, 1.54) is 0 Å². The Morgan fingerprint density at radius 2 is 1.92 bits per heavy atom. The quantitative estimate of drug-likeness (QED) is 0.535. The van der Waals surface area contributed by atoms with Crippen molar-refractivity contribution in [3.8, 4) is 0 Å². The molecule has 13 heavy (non-hydrogen) atoms. The lowest BCUT2D eigenvalue weighted by Gasteiger charge is -2.13. The molecule has 0 radical (unpaired) electrons. The Hall–Kier alpha value is -0.170. The van der Waals surface area contributed by atoms with E-state index in [9.17, 15) is 8.42 Å². The van der Waals surface area contributed by atoms with Gasteiger partial charge in [-0.2, -0.15) is 8.42 Å². The molecule has 0 heterocycles. The van der Waals surface area contributed by atoms with Gasteiger partial charge in [-0.1, -0.05) is 13.3 Å². The van der Waals surface area contributed by atoms with E-state index in [0.717, 1.165) is 6.42 Å². The largest absolute Gasteiger partial charge is 0.396 e. The fourth-order valence-electron chi connectivity index (χ4n) is 0.973. The van der Waals surface area contributed by atoms with Gasteiger partial charge in [-0.05, 0) is 18.8 Å². The molecule has 0 aliphatic rings. The third-order valence-corrected chi connectivity index (χ3v) is 3.08. The fourth-order valence-corrected chi connectivity index (χ4v) is 1.41. The summed E-state index contributed by atoms with van der Waals surface area (Å²) < 4.78 is 29.5. The predicted molar refractivity (Wildman–Crippen MR) is 49.6 cm³/mol. The van der Waals surface area contributed by atoms with Gasteiger partial charge in [0.05, 0.1) is 0 Å². The Bertz CT molecular complexity index is 223. The van der Waals surface area contributed by atoms with Crippen LogP contribution in [0.1, 0.15) is 26.2 Å². The molecule has 6 heteroatoms. The molecule has 1 unspecified atom stereocenters. The average Bonchev–Trinajstić information content (AvgIpc) is 2.04. The van der Waals surface area contributed by atoms with Crippen LogP contribution in [0.25, 0.3) is 0 Å². The molecule has 0 bridgehead atoms. The summed E-state index contributed by atoms with van der Waals surface area (Å²) in [6.07, 6.45) is 1.46. The number of rotatable bonds is 6. The fraction of sp³-hybridized carbons (Fsp3) is 1.00. The van der Waals surface area contributed by atoms with Gasteiger partial charge in [0.1, 0.15) is 5.37 Å². The molecule has 0 rings (SSSR count). The predicted octanol–water partition coefficient (Wildman–Crippen LogP) is -0.0423. The molecule has 0 spiro atoms. The number of aliphatic hydroxyl groups excluding tert-OH is 1. The highest BCUT2D eigenvalue weighted by Crippen LogP contribution is 2.12. The molecule has 80 valence electrons. The average molecular weight is 211 g/mol. The Balaban J connectivity index is 3.89. The number of aliphatic hydroxyl groups is 1. The van der Waals surface area contributed by atoms with Crippen LogP contribution in [-0.4, -0.2) is 30.1 Å². The van der Waals surface area contributed by atoms with Crippen molar-refractivity contribution in [1.29, 1.82) is 0 Å². The van der Waals surface area contributed by atoms with Crippen LogP contribution in [0.2, 0.25) is 0 Å². The molecular weight excluding hydrogens is 194 g/mol. The third-order valence-electron chi connectivity index (χ3n) is 2.08. The minimum absolute atomic E-state index is 0.0225. The van der Waals surface area contributed by atoms with Gasteiger partial charge in [0.2, 0.25) is 0 Å². The van der Waals surface area contributed by atoms with Gasteiger partial charge in [0.15, 0.2) is 0 Å². The van der Waals surface area contributed by atoms with E-state index in [1.54, 1.807) is 0 Å². The molecule has 2 atom stereocenters. The van der Waals surface area contributed by atoms with Crippen molar-refractivity contribution in [3.63, 3.8) is 0 Å². The Morgan fingerprint density at radius 1 is 1.38 bits per heavy atom. The first-order chi connectivity index (χ1) is 5.91. The van der Waals surface area contributed by atoms with E-state index in [0.29, 0.717) is 6.42 Å².